The first-order valence-electron chi connectivity index (χ1n) is 7.41. The summed E-state index contributed by atoms with van der Waals surface area (Å²) in [6.07, 6.45) is -4.44. The minimum absolute atomic E-state index is 0.0368. The molecule has 2 N–H and O–H groups in total. The number of anilines is 2. The molecule has 136 valence electrons. The Hall–Kier alpha value is -1.81. The molecule has 0 atom stereocenters. The minimum Gasteiger partial charge on any atom is -0.360 e. The molecule has 0 fully saturated rings. The lowest BCUT2D eigenvalue weighted by Gasteiger charge is -2.09. The summed E-state index contributed by atoms with van der Waals surface area (Å²) >= 11 is 2.51. The van der Waals surface area contributed by atoms with Crippen molar-refractivity contribution in [3.8, 4) is 0 Å². The molecule has 0 aliphatic heterocycles. The van der Waals surface area contributed by atoms with Crippen LogP contribution in [0.1, 0.15) is 19.4 Å². The minimum atomic E-state index is -4.44. The summed E-state index contributed by atoms with van der Waals surface area (Å²) in [5.74, 6) is 0.101. The first kappa shape index (κ1) is 19.5. The molecule has 0 radical (unpaired) electrons. The Labute approximate surface area is 151 Å². The van der Waals surface area contributed by atoms with Gasteiger partial charge < -0.3 is 10.6 Å². The fourth-order valence-corrected chi connectivity index (χ4v) is 3.29. The highest BCUT2D eigenvalue weighted by molar-refractivity contribution is 8.01. The maximum atomic E-state index is 12.7. The number of carbonyl (C=O) groups excluding carboxylic acids is 1. The number of halogens is 3. The zero-order valence-electron chi connectivity index (χ0n) is 13.6. The molecule has 0 saturated heterocycles. The molecule has 0 unspecified atom stereocenters. The van der Waals surface area contributed by atoms with E-state index in [-0.39, 0.29) is 11.4 Å². The van der Waals surface area contributed by atoms with Gasteiger partial charge in [0.2, 0.25) is 11.0 Å². The quantitative estimate of drug-likeness (QED) is 0.688. The molecular weight excluding hydrogens is 373 g/mol. The summed E-state index contributed by atoms with van der Waals surface area (Å²) in [7, 11) is 0. The molecule has 1 amide bonds. The molecule has 1 aromatic heterocycles. The molecule has 0 spiro atoms. The molecule has 1 aromatic carbocycles. The lowest BCUT2D eigenvalue weighted by Crippen LogP contribution is -2.15. The van der Waals surface area contributed by atoms with Crippen molar-refractivity contribution in [2.45, 2.75) is 24.4 Å². The summed E-state index contributed by atoms with van der Waals surface area (Å²) in [6, 6.07) is 4.53. The molecular formula is C15H17F3N4OS2. The van der Waals surface area contributed by atoms with Crippen molar-refractivity contribution in [1.29, 1.82) is 0 Å². The molecule has 1 heterocycles. The first-order chi connectivity index (χ1) is 11.7. The van der Waals surface area contributed by atoms with Crippen LogP contribution in [0.25, 0.3) is 0 Å². The van der Waals surface area contributed by atoms with Crippen molar-refractivity contribution in [2.24, 2.45) is 5.92 Å². The van der Waals surface area contributed by atoms with Crippen LogP contribution in [0.5, 0.6) is 0 Å². The fourth-order valence-electron chi connectivity index (χ4n) is 1.73. The largest absolute Gasteiger partial charge is 0.416 e. The van der Waals surface area contributed by atoms with Crippen LogP contribution in [0.4, 0.5) is 24.0 Å². The van der Waals surface area contributed by atoms with E-state index >= 15 is 0 Å². The van der Waals surface area contributed by atoms with Crippen LogP contribution in [0.2, 0.25) is 0 Å². The number of amides is 1. The van der Waals surface area contributed by atoms with Gasteiger partial charge in [0.1, 0.15) is 0 Å². The number of thioether (sulfide) groups is 1. The number of rotatable bonds is 7. The van der Waals surface area contributed by atoms with E-state index < -0.39 is 17.6 Å². The van der Waals surface area contributed by atoms with Gasteiger partial charge in [0.15, 0.2) is 4.34 Å². The van der Waals surface area contributed by atoms with Crippen LogP contribution in [-0.4, -0.2) is 28.4 Å². The van der Waals surface area contributed by atoms with E-state index in [0.29, 0.717) is 15.4 Å². The molecule has 0 aliphatic carbocycles. The van der Waals surface area contributed by atoms with Crippen LogP contribution in [0, 0.1) is 5.92 Å². The third-order valence-corrected chi connectivity index (χ3v) is 4.88. The van der Waals surface area contributed by atoms with Gasteiger partial charge in [-0.2, -0.15) is 13.2 Å². The second kappa shape index (κ2) is 8.52. The van der Waals surface area contributed by atoms with E-state index in [1.807, 2.05) is 0 Å². The fraction of sp³-hybridized carbons (Fsp3) is 0.400. The Morgan fingerprint density at radius 1 is 1.32 bits per heavy atom. The van der Waals surface area contributed by atoms with Crippen molar-refractivity contribution in [1.82, 2.24) is 10.2 Å². The molecule has 25 heavy (non-hydrogen) atoms. The average Bonchev–Trinajstić information content (AvgIpc) is 2.98. The molecule has 0 saturated carbocycles. The molecule has 10 heteroatoms. The second-order valence-corrected chi connectivity index (χ2v) is 7.76. The summed E-state index contributed by atoms with van der Waals surface area (Å²) in [4.78, 5) is 11.9. The van der Waals surface area contributed by atoms with Gasteiger partial charge in [0.25, 0.3) is 0 Å². The first-order valence-corrected chi connectivity index (χ1v) is 9.21. The van der Waals surface area contributed by atoms with E-state index in [2.05, 4.69) is 34.7 Å². The highest BCUT2D eigenvalue weighted by atomic mass is 32.2. The van der Waals surface area contributed by atoms with Gasteiger partial charge in [-0.1, -0.05) is 43.0 Å². The summed E-state index contributed by atoms with van der Waals surface area (Å²) in [6.45, 7) is 4.92. The normalized spacial score (nSPS) is 11.6. The predicted octanol–water partition coefficient (Wildman–Crippen LogP) is 4.36. The monoisotopic (exact) mass is 390 g/mol. The lowest BCUT2D eigenvalue weighted by molar-refractivity contribution is -0.137. The zero-order chi connectivity index (χ0) is 18.4. The van der Waals surface area contributed by atoms with Gasteiger partial charge in [0.05, 0.1) is 11.3 Å². The Bertz CT molecular complexity index is 719. The third-order valence-electron chi connectivity index (χ3n) is 2.87. The standard InChI is InChI=1S/C15H17F3N4OS2/c1-9(2)7-19-13-21-22-14(25-13)24-8-12(23)20-11-5-3-4-10(6-11)15(16,17)18/h3-6,9H,7-8H2,1-2H3,(H,19,21)(H,20,23). The number of carbonyl (C=O) groups is 1. The van der Waals surface area contributed by atoms with Crippen molar-refractivity contribution in [3.05, 3.63) is 29.8 Å². The molecule has 2 aromatic rings. The van der Waals surface area contributed by atoms with E-state index in [4.69, 9.17) is 0 Å². The van der Waals surface area contributed by atoms with Gasteiger partial charge in [-0.15, -0.1) is 10.2 Å². The molecule has 0 aliphatic rings. The van der Waals surface area contributed by atoms with E-state index in [9.17, 15) is 18.0 Å². The van der Waals surface area contributed by atoms with Gasteiger partial charge in [-0.25, -0.2) is 0 Å². The van der Waals surface area contributed by atoms with Gasteiger partial charge in [-0.3, -0.25) is 4.79 Å². The third kappa shape index (κ3) is 6.54. The number of alkyl halides is 3. The lowest BCUT2D eigenvalue weighted by atomic mass is 10.2. The number of nitrogens with one attached hydrogen (secondary N) is 2. The number of hydrogen-bond acceptors (Lipinski definition) is 6. The smallest absolute Gasteiger partial charge is 0.360 e. The Balaban J connectivity index is 1.85. The van der Waals surface area contributed by atoms with Crippen LogP contribution in [-0.2, 0) is 11.0 Å². The zero-order valence-corrected chi connectivity index (χ0v) is 15.2. The number of hydrogen-bond donors (Lipinski definition) is 2. The van der Waals surface area contributed by atoms with Crippen molar-refractivity contribution in [3.63, 3.8) is 0 Å². The summed E-state index contributed by atoms with van der Waals surface area (Å²) in [5.41, 5.74) is -0.695. The van der Waals surface area contributed by atoms with Gasteiger partial charge >= 0.3 is 6.18 Å². The van der Waals surface area contributed by atoms with Crippen molar-refractivity contribution < 1.29 is 18.0 Å². The van der Waals surface area contributed by atoms with Crippen molar-refractivity contribution in [2.75, 3.05) is 22.9 Å². The van der Waals surface area contributed by atoms with Gasteiger partial charge in [-0.05, 0) is 24.1 Å². The number of aromatic nitrogens is 2. The second-order valence-electron chi connectivity index (χ2n) is 5.56. The maximum Gasteiger partial charge on any atom is 0.416 e. The average molecular weight is 390 g/mol. The summed E-state index contributed by atoms with van der Waals surface area (Å²) in [5, 5.41) is 14.2. The highest BCUT2D eigenvalue weighted by Gasteiger charge is 2.30. The van der Waals surface area contributed by atoms with Crippen molar-refractivity contribution >= 4 is 39.8 Å². The number of benzene rings is 1. The van der Waals surface area contributed by atoms with E-state index in [1.165, 1.54) is 35.2 Å². The molecule has 2 rings (SSSR count). The molecule has 0 bridgehead atoms. The SMILES string of the molecule is CC(C)CNc1nnc(SCC(=O)Nc2cccc(C(F)(F)F)c2)s1. The maximum absolute atomic E-state index is 12.7. The van der Waals surface area contributed by atoms with Crippen LogP contribution >= 0.6 is 23.1 Å². The van der Waals surface area contributed by atoms with Crippen LogP contribution in [0.3, 0.4) is 0 Å². The number of nitrogens with zero attached hydrogens (tertiary/aromatic N) is 2. The van der Waals surface area contributed by atoms with Gasteiger partial charge in [0, 0.05) is 12.2 Å². The Morgan fingerprint density at radius 2 is 2.08 bits per heavy atom. The highest BCUT2D eigenvalue weighted by Crippen LogP contribution is 2.31. The van der Waals surface area contributed by atoms with E-state index in [1.54, 1.807) is 0 Å². The van der Waals surface area contributed by atoms with E-state index in [0.717, 1.165) is 18.7 Å². The van der Waals surface area contributed by atoms with Crippen LogP contribution in [0.15, 0.2) is 28.6 Å². The molecule has 5 nitrogen and oxygen atoms in total. The van der Waals surface area contributed by atoms with Crippen LogP contribution < -0.4 is 10.6 Å². The topological polar surface area (TPSA) is 66.9 Å². The predicted molar refractivity (Wildman–Crippen MR) is 94.0 cm³/mol. The summed E-state index contributed by atoms with van der Waals surface area (Å²) < 4.78 is 38.6. The Kier molecular flexibility index (Phi) is 6.65. The Morgan fingerprint density at radius 3 is 2.76 bits per heavy atom.